The van der Waals surface area contributed by atoms with Gasteiger partial charge in [-0.3, -0.25) is 4.90 Å². The highest BCUT2D eigenvalue weighted by Gasteiger charge is 2.31. The highest BCUT2D eigenvalue weighted by atomic mass is 19.4. The number of anilines is 2. The molecular formula is C21H24F3N3O2. The molecule has 1 aliphatic heterocycles. The molecule has 8 heteroatoms. The van der Waals surface area contributed by atoms with Crippen molar-refractivity contribution in [3.8, 4) is 5.75 Å². The zero-order valence-corrected chi connectivity index (χ0v) is 16.1. The third-order valence-corrected chi connectivity index (χ3v) is 5.32. The number of hydrogen-bond donors (Lipinski definition) is 1. The molecule has 5 nitrogen and oxygen atoms in total. The molecule has 0 bridgehead atoms. The van der Waals surface area contributed by atoms with Crippen molar-refractivity contribution in [2.24, 2.45) is 0 Å². The number of fused-ring (bicyclic) bond motifs is 1. The van der Waals surface area contributed by atoms with Gasteiger partial charge in [-0.25, -0.2) is 4.98 Å². The summed E-state index contributed by atoms with van der Waals surface area (Å²) in [7, 11) is 0. The summed E-state index contributed by atoms with van der Waals surface area (Å²) in [4.78, 5) is 7.00. The van der Waals surface area contributed by atoms with E-state index in [2.05, 4.69) is 19.9 Å². The fourth-order valence-corrected chi connectivity index (χ4v) is 3.97. The Bertz CT molecular complexity index is 852. The SMILES string of the molecule is FC(F)(F)Oc1cccc(Nc2ncc(CN3CCOCC3)c3c2CCCC3)c1. The second kappa shape index (κ2) is 8.59. The Morgan fingerprint density at radius 1 is 1.10 bits per heavy atom. The molecule has 1 saturated heterocycles. The number of pyridine rings is 1. The van der Waals surface area contributed by atoms with Crippen LogP contribution in [0.25, 0.3) is 0 Å². The number of hydrogen-bond acceptors (Lipinski definition) is 5. The topological polar surface area (TPSA) is 46.6 Å². The van der Waals surface area contributed by atoms with Crippen molar-refractivity contribution in [1.29, 1.82) is 0 Å². The summed E-state index contributed by atoms with van der Waals surface area (Å²) in [6, 6.07) is 5.86. The lowest BCUT2D eigenvalue weighted by molar-refractivity contribution is -0.274. The molecule has 0 spiro atoms. The quantitative estimate of drug-likeness (QED) is 0.794. The van der Waals surface area contributed by atoms with Gasteiger partial charge in [-0.2, -0.15) is 0 Å². The van der Waals surface area contributed by atoms with Crippen LogP contribution in [-0.2, 0) is 24.1 Å². The van der Waals surface area contributed by atoms with Crippen molar-refractivity contribution in [2.45, 2.75) is 38.6 Å². The van der Waals surface area contributed by atoms with E-state index in [9.17, 15) is 13.2 Å². The van der Waals surface area contributed by atoms with Gasteiger partial charge in [0.2, 0.25) is 0 Å². The number of halogens is 3. The first-order valence-corrected chi connectivity index (χ1v) is 9.90. The monoisotopic (exact) mass is 407 g/mol. The molecule has 1 aromatic carbocycles. The number of aromatic nitrogens is 1. The predicted molar refractivity (Wildman–Crippen MR) is 103 cm³/mol. The first kappa shape index (κ1) is 20.0. The van der Waals surface area contributed by atoms with Gasteiger partial charge in [0.15, 0.2) is 0 Å². The Hall–Kier alpha value is -2.32. The van der Waals surface area contributed by atoms with Crippen LogP contribution in [0.2, 0.25) is 0 Å². The number of alkyl halides is 3. The fourth-order valence-electron chi connectivity index (χ4n) is 3.97. The Kier molecular flexibility index (Phi) is 5.91. The molecule has 4 rings (SSSR count). The largest absolute Gasteiger partial charge is 0.573 e. The molecule has 1 aromatic heterocycles. The predicted octanol–water partition coefficient (Wildman–Crippen LogP) is 4.43. The Morgan fingerprint density at radius 3 is 2.62 bits per heavy atom. The molecule has 2 aliphatic rings. The molecule has 2 heterocycles. The van der Waals surface area contributed by atoms with Gasteiger partial charge in [0.25, 0.3) is 0 Å². The maximum atomic E-state index is 12.5. The number of morpholine rings is 1. The lowest BCUT2D eigenvalue weighted by Crippen LogP contribution is -2.36. The van der Waals surface area contributed by atoms with E-state index in [1.807, 2.05) is 6.20 Å². The number of nitrogens with zero attached hydrogens (tertiary/aromatic N) is 2. The summed E-state index contributed by atoms with van der Waals surface area (Å²) in [5, 5.41) is 3.20. The fraction of sp³-hybridized carbons (Fsp3) is 0.476. The van der Waals surface area contributed by atoms with E-state index >= 15 is 0 Å². The summed E-state index contributed by atoms with van der Waals surface area (Å²) in [5.41, 5.74) is 4.25. The lowest BCUT2D eigenvalue weighted by atomic mass is 9.89. The molecule has 0 saturated carbocycles. The second-order valence-electron chi connectivity index (χ2n) is 7.39. The van der Waals surface area contributed by atoms with Gasteiger partial charge in [0.1, 0.15) is 11.6 Å². The van der Waals surface area contributed by atoms with Crippen molar-refractivity contribution in [2.75, 3.05) is 31.6 Å². The summed E-state index contributed by atoms with van der Waals surface area (Å²) in [5.74, 6) is 0.467. The lowest BCUT2D eigenvalue weighted by Gasteiger charge is -2.29. The highest BCUT2D eigenvalue weighted by molar-refractivity contribution is 5.63. The maximum Gasteiger partial charge on any atom is 0.573 e. The van der Waals surface area contributed by atoms with Gasteiger partial charge in [-0.1, -0.05) is 6.07 Å². The zero-order valence-electron chi connectivity index (χ0n) is 16.1. The molecule has 1 N–H and O–H groups in total. The van der Waals surface area contributed by atoms with Crippen molar-refractivity contribution < 1.29 is 22.6 Å². The van der Waals surface area contributed by atoms with Crippen molar-refractivity contribution in [3.05, 3.63) is 47.2 Å². The zero-order chi connectivity index (χ0) is 20.3. The van der Waals surface area contributed by atoms with E-state index in [1.165, 1.54) is 34.9 Å². The summed E-state index contributed by atoms with van der Waals surface area (Å²) in [6.07, 6.45) is 1.34. The molecule has 156 valence electrons. The van der Waals surface area contributed by atoms with Gasteiger partial charge >= 0.3 is 6.36 Å². The molecule has 0 amide bonds. The summed E-state index contributed by atoms with van der Waals surface area (Å²) < 4.78 is 46.9. The van der Waals surface area contributed by atoms with Crippen LogP contribution in [0.3, 0.4) is 0 Å². The summed E-state index contributed by atoms with van der Waals surface area (Å²) >= 11 is 0. The van der Waals surface area contributed by atoms with Crippen molar-refractivity contribution in [3.63, 3.8) is 0 Å². The molecule has 0 atom stereocenters. The summed E-state index contributed by atoms with van der Waals surface area (Å²) in [6.45, 7) is 4.20. The van der Waals surface area contributed by atoms with Gasteiger partial charge in [-0.05, 0) is 54.5 Å². The standard InChI is InChI=1S/C21H24F3N3O2/c22-21(23,24)29-17-5-3-4-16(12-17)26-20-19-7-2-1-6-18(19)15(13-25-20)14-27-8-10-28-11-9-27/h3-5,12-13H,1-2,6-11,14H2,(H,25,26). The van der Waals surface area contributed by atoms with E-state index in [1.54, 1.807) is 6.07 Å². The van der Waals surface area contributed by atoms with Crippen molar-refractivity contribution in [1.82, 2.24) is 9.88 Å². The van der Waals surface area contributed by atoms with Gasteiger partial charge in [-0.15, -0.1) is 13.2 Å². The smallest absolute Gasteiger partial charge is 0.406 e. The molecule has 1 fully saturated rings. The normalized spacial score (nSPS) is 17.6. The van der Waals surface area contributed by atoms with Crippen LogP contribution in [0.1, 0.15) is 29.5 Å². The third kappa shape index (κ3) is 5.19. The minimum absolute atomic E-state index is 0.250. The first-order chi connectivity index (χ1) is 14.0. The van der Waals surface area contributed by atoms with Crippen LogP contribution in [0.5, 0.6) is 5.75 Å². The van der Waals surface area contributed by atoms with Crippen molar-refractivity contribution >= 4 is 11.5 Å². The Balaban J connectivity index is 1.56. The number of benzene rings is 1. The van der Waals surface area contributed by atoms with Crippen LogP contribution < -0.4 is 10.1 Å². The molecule has 1 aliphatic carbocycles. The number of rotatable bonds is 5. The molecule has 2 aromatic rings. The molecule has 29 heavy (non-hydrogen) atoms. The minimum Gasteiger partial charge on any atom is -0.406 e. The molecular weight excluding hydrogens is 383 g/mol. The first-order valence-electron chi connectivity index (χ1n) is 9.90. The Morgan fingerprint density at radius 2 is 1.86 bits per heavy atom. The Labute approximate surface area is 167 Å². The van der Waals surface area contributed by atoms with Crippen LogP contribution in [-0.4, -0.2) is 42.5 Å². The van der Waals surface area contributed by atoms with Gasteiger partial charge in [0, 0.05) is 37.6 Å². The second-order valence-corrected chi connectivity index (χ2v) is 7.39. The third-order valence-electron chi connectivity index (χ3n) is 5.32. The van der Waals surface area contributed by atoms with E-state index in [0.29, 0.717) is 5.69 Å². The minimum atomic E-state index is -4.71. The van der Waals surface area contributed by atoms with Gasteiger partial charge in [0.05, 0.1) is 13.2 Å². The maximum absolute atomic E-state index is 12.5. The van der Waals surface area contributed by atoms with Crippen LogP contribution in [0.15, 0.2) is 30.5 Å². The van der Waals surface area contributed by atoms with E-state index in [-0.39, 0.29) is 5.75 Å². The molecule has 0 unspecified atom stereocenters. The number of ether oxygens (including phenoxy) is 2. The molecule has 0 radical (unpaired) electrons. The average Bonchev–Trinajstić information content (AvgIpc) is 2.70. The van der Waals surface area contributed by atoms with Crippen LogP contribution in [0, 0.1) is 0 Å². The van der Waals surface area contributed by atoms with E-state index in [0.717, 1.165) is 64.3 Å². The highest BCUT2D eigenvalue weighted by Crippen LogP contribution is 2.33. The van der Waals surface area contributed by atoms with Crippen LogP contribution >= 0.6 is 0 Å². The van der Waals surface area contributed by atoms with Gasteiger partial charge < -0.3 is 14.8 Å². The van der Waals surface area contributed by atoms with E-state index in [4.69, 9.17) is 4.74 Å². The number of nitrogens with one attached hydrogen (secondary N) is 1. The average molecular weight is 407 g/mol. The van der Waals surface area contributed by atoms with E-state index < -0.39 is 6.36 Å². The van der Waals surface area contributed by atoms with Crippen LogP contribution in [0.4, 0.5) is 24.7 Å².